The lowest BCUT2D eigenvalue weighted by atomic mass is 10.0. The molecule has 0 radical (unpaired) electrons. The lowest BCUT2D eigenvalue weighted by Crippen LogP contribution is -2.37. The number of nitrogens with two attached hydrogens (primary N) is 1. The number of halogens is 2. The van der Waals surface area contributed by atoms with Crippen LogP contribution in [0.1, 0.15) is 23.4 Å². The highest BCUT2D eigenvalue weighted by atomic mass is 35.5. The molecule has 0 bridgehead atoms. The van der Waals surface area contributed by atoms with E-state index in [0.29, 0.717) is 47.9 Å². The molecule has 1 amide bonds. The van der Waals surface area contributed by atoms with Crippen molar-refractivity contribution in [3.63, 3.8) is 0 Å². The van der Waals surface area contributed by atoms with Crippen molar-refractivity contribution in [1.29, 1.82) is 0 Å². The molecule has 9 nitrogen and oxygen atoms in total. The van der Waals surface area contributed by atoms with E-state index in [-0.39, 0.29) is 17.5 Å². The van der Waals surface area contributed by atoms with E-state index in [0.717, 1.165) is 11.1 Å². The Morgan fingerprint density at radius 3 is 2.65 bits per heavy atom. The zero-order valence-corrected chi connectivity index (χ0v) is 22.3. The zero-order chi connectivity index (χ0) is 26.9. The van der Waals surface area contributed by atoms with Gasteiger partial charge in [0.25, 0.3) is 0 Å². The molecule has 4 N–H and O–H groups in total. The molecule has 0 saturated carbocycles. The first-order valence-electron chi connectivity index (χ1n) is 11.7. The number of sulfonamides is 1. The van der Waals surface area contributed by atoms with Gasteiger partial charge in [-0.05, 0) is 62.1 Å². The standard InChI is InChI=1S/C25H29ClFN5O4S/c1-14-24(15(2)36-31-14)17-5-7-22(29-18-8-9-32(13-18)37(3,34)35)23(12-17)30-25(33)21(28)11-16-4-6-19(26)20(27)10-16/h4-7,10,12,18,21,29H,8-9,11,13,28H2,1-3H3,(H,30,33)/t18-,21-/m0/s1. The van der Waals surface area contributed by atoms with Gasteiger partial charge in [0.15, 0.2) is 0 Å². The van der Waals surface area contributed by atoms with Crippen molar-refractivity contribution < 1.29 is 22.1 Å². The van der Waals surface area contributed by atoms with Crippen LogP contribution in [-0.4, -0.2) is 55.2 Å². The SMILES string of the molecule is Cc1noc(C)c1-c1ccc(N[C@H]2CCN(S(C)(=O)=O)C2)c(NC(=O)[C@@H](N)Cc2ccc(Cl)c(F)c2)c1. The van der Waals surface area contributed by atoms with Crippen LogP contribution >= 0.6 is 11.6 Å². The average Bonchev–Trinajstić information content (AvgIpc) is 3.43. The minimum Gasteiger partial charge on any atom is -0.379 e. The molecular formula is C25H29ClFN5O4S. The van der Waals surface area contributed by atoms with Crippen molar-refractivity contribution in [2.24, 2.45) is 5.73 Å². The number of benzene rings is 2. The first-order chi connectivity index (χ1) is 17.4. The van der Waals surface area contributed by atoms with Crippen LogP contribution in [0.5, 0.6) is 0 Å². The van der Waals surface area contributed by atoms with E-state index in [1.54, 1.807) is 19.1 Å². The molecule has 2 heterocycles. The maximum Gasteiger partial charge on any atom is 0.241 e. The molecule has 1 aliphatic rings. The van der Waals surface area contributed by atoms with Crippen LogP contribution in [0.4, 0.5) is 15.8 Å². The summed E-state index contributed by atoms with van der Waals surface area (Å²) in [5.74, 6) is -0.403. The van der Waals surface area contributed by atoms with E-state index in [9.17, 15) is 17.6 Å². The Labute approximate surface area is 220 Å². The van der Waals surface area contributed by atoms with E-state index >= 15 is 0 Å². The summed E-state index contributed by atoms with van der Waals surface area (Å²) in [5.41, 5.74) is 10.1. The minimum absolute atomic E-state index is 0.00465. The van der Waals surface area contributed by atoms with Crippen LogP contribution < -0.4 is 16.4 Å². The maximum absolute atomic E-state index is 13.8. The number of amides is 1. The highest BCUT2D eigenvalue weighted by Crippen LogP contribution is 2.34. The van der Waals surface area contributed by atoms with Crippen LogP contribution in [0.3, 0.4) is 0 Å². The second-order valence-corrected chi connectivity index (χ2v) is 11.6. The van der Waals surface area contributed by atoms with Gasteiger partial charge in [-0.25, -0.2) is 17.1 Å². The summed E-state index contributed by atoms with van der Waals surface area (Å²) in [6.45, 7) is 4.37. The van der Waals surface area contributed by atoms with Crippen LogP contribution in [-0.2, 0) is 21.2 Å². The maximum atomic E-state index is 13.8. The first-order valence-corrected chi connectivity index (χ1v) is 13.9. The third kappa shape index (κ3) is 6.30. The molecule has 37 heavy (non-hydrogen) atoms. The molecule has 1 aliphatic heterocycles. The highest BCUT2D eigenvalue weighted by Gasteiger charge is 2.29. The third-order valence-electron chi connectivity index (χ3n) is 6.36. The van der Waals surface area contributed by atoms with Gasteiger partial charge in [-0.15, -0.1) is 0 Å². The second kappa shape index (κ2) is 10.8. The summed E-state index contributed by atoms with van der Waals surface area (Å²) < 4.78 is 44.4. The summed E-state index contributed by atoms with van der Waals surface area (Å²) in [7, 11) is -3.29. The molecule has 1 saturated heterocycles. The number of nitrogens with zero attached hydrogens (tertiary/aromatic N) is 2. The largest absolute Gasteiger partial charge is 0.379 e. The van der Waals surface area contributed by atoms with E-state index in [1.165, 1.54) is 22.7 Å². The molecule has 12 heteroatoms. The quantitative estimate of drug-likeness (QED) is 0.390. The summed E-state index contributed by atoms with van der Waals surface area (Å²) in [6, 6.07) is 8.71. The summed E-state index contributed by atoms with van der Waals surface area (Å²) in [6.07, 6.45) is 1.92. The van der Waals surface area contributed by atoms with Crippen LogP contribution in [0, 0.1) is 19.7 Å². The second-order valence-electron chi connectivity index (χ2n) is 9.26. The van der Waals surface area contributed by atoms with Crippen molar-refractivity contribution in [1.82, 2.24) is 9.46 Å². The van der Waals surface area contributed by atoms with Gasteiger partial charge >= 0.3 is 0 Å². The molecule has 0 aliphatic carbocycles. The fourth-order valence-corrected chi connectivity index (χ4v) is 5.44. The number of carbonyl (C=O) groups excluding carboxylic acids is 1. The predicted octanol–water partition coefficient (Wildman–Crippen LogP) is 3.71. The molecule has 1 aromatic heterocycles. The Balaban J connectivity index is 1.58. The van der Waals surface area contributed by atoms with Crippen molar-refractivity contribution in [2.75, 3.05) is 30.0 Å². The zero-order valence-electron chi connectivity index (χ0n) is 20.7. The van der Waals surface area contributed by atoms with E-state index in [1.807, 2.05) is 19.1 Å². The number of anilines is 2. The molecule has 2 atom stereocenters. The number of aromatic nitrogens is 1. The smallest absolute Gasteiger partial charge is 0.241 e. The molecule has 3 aromatic rings. The first kappa shape index (κ1) is 27.1. The minimum atomic E-state index is -3.29. The fourth-order valence-electron chi connectivity index (χ4n) is 4.43. The number of nitrogens with one attached hydrogen (secondary N) is 2. The average molecular weight is 550 g/mol. The monoisotopic (exact) mass is 549 g/mol. The van der Waals surface area contributed by atoms with E-state index in [2.05, 4.69) is 15.8 Å². The molecule has 2 aromatic carbocycles. The third-order valence-corrected chi connectivity index (χ3v) is 7.93. The van der Waals surface area contributed by atoms with E-state index in [4.69, 9.17) is 21.9 Å². The van der Waals surface area contributed by atoms with Gasteiger partial charge in [0, 0.05) is 24.7 Å². The molecule has 4 rings (SSSR count). The Bertz CT molecular complexity index is 1410. The number of carbonyl (C=O) groups is 1. The number of aryl methyl sites for hydroxylation is 2. The predicted molar refractivity (Wildman–Crippen MR) is 142 cm³/mol. The van der Waals surface area contributed by atoms with Gasteiger partial charge in [-0.1, -0.05) is 28.9 Å². The Morgan fingerprint density at radius 2 is 2.03 bits per heavy atom. The Hall–Kier alpha value is -2.99. The van der Waals surface area contributed by atoms with Crippen molar-refractivity contribution >= 4 is 38.9 Å². The topological polar surface area (TPSA) is 131 Å². The van der Waals surface area contributed by atoms with Gasteiger partial charge < -0.3 is 20.9 Å². The molecule has 0 unspecified atom stereocenters. The van der Waals surface area contributed by atoms with Crippen LogP contribution in [0.15, 0.2) is 40.9 Å². The molecule has 0 spiro atoms. The molecular weight excluding hydrogens is 521 g/mol. The summed E-state index contributed by atoms with van der Waals surface area (Å²) in [4.78, 5) is 13.1. The van der Waals surface area contributed by atoms with Crippen molar-refractivity contribution in [3.8, 4) is 11.1 Å². The van der Waals surface area contributed by atoms with Crippen LogP contribution in [0.2, 0.25) is 5.02 Å². The van der Waals surface area contributed by atoms with Gasteiger partial charge in [0.2, 0.25) is 15.9 Å². The van der Waals surface area contributed by atoms with Crippen LogP contribution in [0.25, 0.3) is 11.1 Å². The van der Waals surface area contributed by atoms with Gasteiger partial charge in [0.05, 0.1) is 34.4 Å². The number of hydrogen-bond donors (Lipinski definition) is 3. The Kier molecular flexibility index (Phi) is 7.88. The van der Waals surface area contributed by atoms with Gasteiger partial charge in [-0.2, -0.15) is 0 Å². The number of hydrogen-bond acceptors (Lipinski definition) is 7. The Morgan fingerprint density at radius 1 is 1.27 bits per heavy atom. The highest BCUT2D eigenvalue weighted by molar-refractivity contribution is 7.88. The van der Waals surface area contributed by atoms with Gasteiger partial charge in [-0.3, -0.25) is 4.79 Å². The lowest BCUT2D eigenvalue weighted by Gasteiger charge is -2.20. The fraction of sp³-hybridized carbons (Fsp3) is 0.360. The molecule has 198 valence electrons. The van der Waals surface area contributed by atoms with E-state index < -0.39 is 27.8 Å². The lowest BCUT2D eigenvalue weighted by molar-refractivity contribution is -0.117. The molecule has 1 fully saturated rings. The number of rotatable bonds is 8. The summed E-state index contributed by atoms with van der Waals surface area (Å²) in [5, 5.41) is 10.2. The van der Waals surface area contributed by atoms with Crippen molar-refractivity contribution in [2.45, 2.75) is 38.8 Å². The van der Waals surface area contributed by atoms with Crippen molar-refractivity contribution in [3.05, 3.63) is 64.3 Å². The van der Waals surface area contributed by atoms with Gasteiger partial charge in [0.1, 0.15) is 11.6 Å². The summed E-state index contributed by atoms with van der Waals surface area (Å²) >= 11 is 5.75. The normalized spacial score (nSPS) is 17.1.